The Kier molecular flexibility index (Phi) is 5.35. The minimum absolute atomic E-state index is 0.238. The minimum atomic E-state index is -0.546. The Morgan fingerprint density at radius 3 is 2.57 bits per heavy atom. The molecule has 0 saturated carbocycles. The first-order chi connectivity index (χ1) is 10.3. The van der Waals surface area contributed by atoms with Gasteiger partial charge in [0.15, 0.2) is 0 Å². The van der Waals surface area contributed by atoms with Crippen LogP contribution in [-0.2, 0) is 0 Å². The van der Waals surface area contributed by atoms with Gasteiger partial charge in [0.05, 0.1) is 19.3 Å². The molecule has 0 aliphatic heterocycles. The normalized spacial score (nSPS) is 10.9. The Bertz CT molecular complexity index is 543. The van der Waals surface area contributed by atoms with Gasteiger partial charge < -0.3 is 20.8 Å². The summed E-state index contributed by atoms with van der Waals surface area (Å²) in [7, 11) is 0. The van der Waals surface area contributed by atoms with Crippen molar-refractivity contribution in [3.8, 4) is 5.95 Å². The van der Waals surface area contributed by atoms with Gasteiger partial charge in [-0.2, -0.15) is 24.7 Å². The van der Waals surface area contributed by atoms with Crippen molar-refractivity contribution in [2.75, 3.05) is 30.4 Å². The van der Waals surface area contributed by atoms with E-state index in [4.69, 9.17) is 10.2 Å². The molecule has 21 heavy (non-hydrogen) atoms. The summed E-state index contributed by atoms with van der Waals surface area (Å²) in [5, 5.41) is 28.1. The predicted octanol–water partition coefficient (Wildman–Crippen LogP) is -0.961. The minimum Gasteiger partial charge on any atom is -0.394 e. The van der Waals surface area contributed by atoms with E-state index in [1.807, 2.05) is 6.92 Å². The Labute approximate surface area is 121 Å². The highest BCUT2D eigenvalue weighted by molar-refractivity contribution is 5.38. The summed E-state index contributed by atoms with van der Waals surface area (Å²) in [4.78, 5) is 16.5. The van der Waals surface area contributed by atoms with Crippen LogP contribution in [0.15, 0.2) is 12.7 Å². The third kappa shape index (κ3) is 4.07. The van der Waals surface area contributed by atoms with Crippen LogP contribution in [0.3, 0.4) is 0 Å². The molecule has 0 unspecified atom stereocenters. The lowest BCUT2D eigenvalue weighted by Gasteiger charge is -2.14. The van der Waals surface area contributed by atoms with Gasteiger partial charge in [0.1, 0.15) is 12.7 Å². The molecule has 0 atom stereocenters. The van der Waals surface area contributed by atoms with E-state index >= 15 is 0 Å². The van der Waals surface area contributed by atoms with Gasteiger partial charge in [-0.05, 0) is 6.42 Å². The summed E-state index contributed by atoms with van der Waals surface area (Å²) >= 11 is 0. The molecule has 0 saturated heterocycles. The molecule has 4 N–H and O–H groups in total. The van der Waals surface area contributed by atoms with Crippen LogP contribution >= 0.6 is 0 Å². The SMILES string of the molecule is CCCNc1nc(NC(CO)CO)nc(-n2cncn2)n1. The van der Waals surface area contributed by atoms with E-state index < -0.39 is 6.04 Å². The van der Waals surface area contributed by atoms with E-state index in [0.29, 0.717) is 18.4 Å². The maximum atomic E-state index is 9.11. The van der Waals surface area contributed by atoms with Crippen LogP contribution in [0.5, 0.6) is 0 Å². The summed E-state index contributed by atoms with van der Waals surface area (Å²) in [5.74, 6) is 0.912. The van der Waals surface area contributed by atoms with Crippen molar-refractivity contribution in [3.05, 3.63) is 12.7 Å². The molecule has 0 bridgehead atoms. The maximum absolute atomic E-state index is 9.11. The van der Waals surface area contributed by atoms with Crippen LogP contribution in [0.1, 0.15) is 13.3 Å². The lowest BCUT2D eigenvalue weighted by Crippen LogP contribution is -2.29. The number of nitrogens with one attached hydrogen (secondary N) is 2. The van der Waals surface area contributed by atoms with Gasteiger partial charge in [-0.3, -0.25) is 0 Å². The molecule has 2 aromatic heterocycles. The third-order valence-electron chi connectivity index (χ3n) is 2.55. The number of rotatable bonds is 8. The van der Waals surface area contributed by atoms with E-state index in [2.05, 4.69) is 35.7 Å². The van der Waals surface area contributed by atoms with E-state index in [9.17, 15) is 0 Å². The largest absolute Gasteiger partial charge is 0.394 e. The van der Waals surface area contributed by atoms with Gasteiger partial charge in [0.2, 0.25) is 11.9 Å². The Morgan fingerprint density at radius 1 is 1.19 bits per heavy atom. The van der Waals surface area contributed by atoms with E-state index in [-0.39, 0.29) is 19.2 Å². The van der Waals surface area contributed by atoms with Crippen molar-refractivity contribution in [2.45, 2.75) is 19.4 Å². The molecule has 0 aromatic carbocycles. The summed E-state index contributed by atoms with van der Waals surface area (Å²) < 4.78 is 1.40. The van der Waals surface area contributed by atoms with Gasteiger partial charge >= 0.3 is 0 Å². The first-order valence-corrected chi connectivity index (χ1v) is 6.60. The highest BCUT2D eigenvalue weighted by Gasteiger charge is 2.12. The molecule has 2 rings (SSSR count). The lowest BCUT2D eigenvalue weighted by atomic mass is 10.3. The average Bonchev–Trinajstić information content (AvgIpc) is 3.05. The van der Waals surface area contributed by atoms with Crippen LogP contribution in [0.4, 0.5) is 11.9 Å². The van der Waals surface area contributed by atoms with Gasteiger partial charge in [-0.15, -0.1) is 0 Å². The number of nitrogens with zero attached hydrogens (tertiary/aromatic N) is 6. The van der Waals surface area contributed by atoms with Crippen LogP contribution < -0.4 is 10.6 Å². The molecular formula is C11H18N8O2. The van der Waals surface area contributed by atoms with Gasteiger partial charge in [-0.25, -0.2) is 4.98 Å². The van der Waals surface area contributed by atoms with E-state index in [0.717, 1.165) is 6.42 Å². The topological polar surface area (TPSA) is 134 Å². The molecule has 2 heterocycles. The molecular weight excluding hydrogens is 276 g/mol. The molecule has 10 heteroatoms. The number of aromatic nitrogens is 6. The second-order valence-corrected chi connectivity index (χ2v) is 4.26. The zero-order valence-corrected chi connectivity index (χ0v) is 11.6. The number of aliphatic hydroxyl groups is 2. The third-order valence-corrected chi connectivity index (χ3v) is 2.55. The molecule has 0 aliphatic rings. The molecule has 10 nitrogen and oxygen atoms in total. The van der Waals surface area contributed by atoms with Crippen molar-refractivity contribution in [3.63, 3.8) is 0 Å². The van der Waals surface area contributed by atoms with E-state index in [1.165, 1.54) is 17.3 Å². The number of hydrogen-bond donors (Lipinski definition) is 4. The smallest absolute Gasteiger partial charge is 0.258 e. The van der Waals surface area contributed by atoms with Crippen molar-refractivity contribution in [2.24, 2.45) is 0 Å². The number of anilines is 2. The first-order valence-electron chi connectivity index (χ1n) is 6.60. The summed E-state index contributed by atoms with van der Waals surface area (Å²) in [6.45, 7) is 2.26. The average molecular weight is 294 g/mol. The van der Waals surface area contributed by atoms with E-state index in [1.54, 1.807) is 0 Å². The van der Waals surface area contributed by atoms with Gasteiger partial charge in [0.25, 0.3) is 5.95 Å². The van der Waals surface area contributed by atoms with Crippen LogP contribution in [-0.4, -0.2) is 65.7 Å². The fourth-order valence-corrected chi connectivity index (χ4v) is 1.49. The highest BCUT2D eigenvalue weighted by Crippen LogP contribution is 2.09. The number of aliphatic hydroxyl groups excluding tert-OH is 2. The van der Waals surface area contributed by atoms with Crippen LogP contribution in [0, 0.1) is 0 Å². The zero-order chi connectivity index (χ0) is 15.1. The second kappa shape index (κ2) is 7.45. The highest BCUT2D eigenvalue weighted by atomic mass is 16.3. The molecule has 0 spiro atoms. The van der Waals surface area contributed by atoms with Gasteiger partial charge in [0, 0.05) is 6.54 Å². The van der Waals surface area contributed by atoms with Gasteiger partial charge in [-0.1, -0.05) is 6.92 Å². The molecule has 0 radical (unpaired) electrons. The Balaban J connectivity index is 2.28. The molecule has 114 valence electrons. The van der Waals surface area contributed by atoms with Crippen molar-refractivity contribution in [1.29, 1.82) is 0 Å². The Hall–Kier alpha value is -2.33. The van der Waals surface area contributed by atoms with Crippen molar-refractivity contribution in [1.82, 2.24) is 29.7 Å². The second-order valence-electron chi connectivity index (χ2n) is 4.26. The van der Waals surface area contributed by atoms with Crippen molar-refractivity contribution >= 4 is 11.9 Å². The summed E-state index contributed by atoms with van der Waals surface area (Å²) in [6.07, 6.45) is 3.77. The van der Waals surface area contributed by atoms with Crippen LogP contribution in [0.2, 0.25) is 0 Å². The summed E-state index contributed by atoms with van der Waals surface area (Å²) in [5.41, 5.74) is 0. The molecule has 0 aliphatic carbocycles. The van der Waals surface area contributed by atoms with Crippen molar-refractivity contribution < 1.29 is 10.2 Å². The Morgan fingerprint density at radius 2 is 1.95 bits per heavy atom. The lowest BCUT2D eigenvalue weighted by molar-refractivity contribution is 0.203. The quantitative estimate of drug-likeness (QED) is 0.485. The monoisotopic (exact) mass is 294 g/mol. The molecule has 0 fully saturated rings. The predicted molar refractivity (Wildman–Crippen MR) is 75.1 cm³/mol. The fourth-order valence-electron chi connectivity index (χ4n) is 1.49. The fraction of sp³-hybridized carbons (Fsp3) is 0.545. The molecule has 0 amide bonds. The maximum Gasteiger partial charge on any atom is 0.258 e. The first kappa shape index (κ1) is 15.1. The number of hydrogen-bond acceptors (Lipinski definition) is 9. The standard InChI is InChI=1S/C11H18N8O2/c1-2-3-13-9-16-10(15-8(4-20)5-21)18-11(17-9)19-7-12-6-14-19/h6-8,20-21H,2-5H2,1H3,(H2,13,15,16,17,18). The molecule has 2 aromatic rings. The zero-order valence-electron chi connectivity index (χ0n) is 11.6. The summed E-state index contributed by atoms with van der Waals surface area (Å²) in [6, 6.07) is -0.546. The van der Waals surface area contributed by atoms with Crippen LogP contribution in [0.25, 0.3) is 5.95 Å².